The lowest BCUT2D eigenvalue weighted by molar-refractivity contribution is -0.171. The van der Waals surface area contributed by atoms with Gasteiger partial charge in [-0.3, -0.25) is 4.79 Å². The summed E-state index contributed by atoms with van der Waals surface area (Å²) in [5, 5.41) is 0.974. The molecule has 1 aliphatic rings. The van der Waals surface area contributed by atoms with Crippen LogP contribution in [0.5, 0.6) is 0 Å². The molecular formula is C46H54O6. The highest BCUT2D eigenvalue weighted by atomic mass is 16.6. The Balaban J connectivity index is 1.25. The number of carbonyl (C=O) groups excluding carboxylic acids is 2. The van der Waals surface area contributed by atoms with Crippen LogP contribution in [0.2, 0.25) is 0 Å². The van der Waals surface area contributed by atoms with Crippen molar-refractivity contribution in [1.29, 1.82) is 0 Å². The average Bonchev–Trinajstić information content (AvgIpc) is 3.60. The maximum absolute atomic E-state index is 13.5. The molecule has 0 unspecified atom stereocenters. The third kappa shape index (κ3) is 10.7. The number of allylic oxidation sites excluding steroid dienone is 1. The zero-order chi connectivity index (χ0) is 37.3. The van der Waals surface area contributed by atoms with E-state index in [-0.39, 0.29) is 25.2 Å². The van der Waals surface area contributed by atoms with E-state index in [2.05, 4.69) is 58.6 Å². The second-order valence-electron chi connectivity index (χ2n) is 15.5. The van der Waals surface area contributed by atoms with Gasteiger partial charge in [-0.05, 0) is 92.3 Å². The number of benzene rings is 3. The molecule has 0 bridgehead atoms. The topological polar surface area (TPSA) is 75.0 Å². The second-order valence-corrected chi connectivity index (χ2v) is 15.5. The van der Waals surface area contributed by atoms with E-state index in [0.717, 1.165) is 58.2 Å². The Morgan fingerprint density at radius 1 is 0.885 bits per heavy atom. The SMILES string of the molecule is Cc1ccc(C#Cc2ccc3oc(C[C@@H](C)C(=O)OC[C@]4(COCc5ccccc5)C/C(=C\CC(CC(C)C)CC(C)C)C(=O)O4)c(C)c3c2)cc1. The molecule has 3 aromatic carbocycles. The molecule has 4 aromatic rings. The summed E-state index contributed by atoms with van der Waals surface area (Å²) < 4.78 is 24.3. The van der Waals surface area contributed by atoms with Crippen LogP contribution >= 0.6 is 0 Å². The molecule has 2 atom stereocenters. The quantitative estimate of drug-likeness (QED) is 0.0698. The lowest BCUT2D eigenvalue weighted by Gasteiger charge is -2.27. The third-order valence-electron chi connectivity index (χ3n) is 9.68. The first-order valence-corrected chi connectivity index (χ1v) is 18.7. The number of aryl methyl sites for hydroxylation is 2. The molecule has 0 amide bonds. The number of cyclic esters (lactones) is 1. The van der Waals surface area contributed by atoms with Crippen LogP contribution in [0.25, 0.3) is 11.0 Å². The van der Waals surface area contributed by atoms with Gasteiger partial charge in [-0.2, -0.15) is 0 Å². The summed E-state index contributed by atoms with van der Waals surface area (Å²) in [6.45, 7) is 15.3. The van der Waals surface area contributed by atoms with Crippen molar-refractivity contribution in [3.8, 4) is 11.8 Å². The Morgan fingerprint density at radius 2 is 1.56 bits per heavy atom. The second kappa shape index (κ2) is 17.8. The molecule has 0 aliphatic carbocycles. The van der Waals surface area contributed by atoms with Crippen LogP contribution in [0.3, 0.4) is 0 Å². The third-order valence-corrected chi connectivity index (χ3v) is 9.68. The fraction of sp³-hybridized carbons (Fsp3) is 0.435. The van der Waals surface area contributed by atoms with Crippen molar-refractivity contribution in [3.63, 3.8) is 0 Å². The predicted molar refractivity (Wildman–Crippen MR) is 207 cm³/mol. The minimum Gasteiger partial charge on any atom is -0.461 e. The average molecular weight is 703 g/mol. The largest absolute Gasteiger partial charge is 0.461 e. The summed E-state index contributed by atoms with van der Waals surface area (Å²) >= 11 is 0. The van der Waals surface area contributed by atoms with Crippen molar-refractivity contribution < 1.29 is 28.2 Å². The number of furan rings is 1. The molecule has 52 heavy (non-hydrogen) atoms. The van der Waals surface area contributed by atoms with Crippen molar-refractivity contribution in [1.82, 2.24) is 0 Å². The molecule has 6 heteroatoms. The van der Waals surface area contributed by atoms with E-state index in [1.807, 2.05) is 80.6 Å². The fourth-order valence-corrected chi connectivity index (χ4v) is 6.97. The lowest BCUT2D eigenvalue weighted by Crippen LogP contribution is -2.41. The summed E-state index contributed by atoms with van der Waals surface area (Å²) in [6.07, 6.45) is 5.77. The Labute approximate surface area is 309 Å². The lowest BCUT2D eigenvalue weighted by atomic mass is 9.86. The first kappa shape index (κ1) is 38.6. The standard InChI is InChI=1S/C46H54O6/c1-31(2)23-39(24-32(3)4)19-21-40-27-46(52-45(40)48,29-49-28-38-11-9-8-10-12-38)30-50-44(47)34(6)25-43-35(7)41-26-37(20-22-42(41)51-43)18-17-36-15-13-33(5)14-16-36/h8-16,20-22,26,31-32,34,39H,19,23-25,27-30H2,1-7H3/b40-21+/t34-,46-/m1/s1. The first-order chi connectivity index (χ1) is 24.9. The molecule has 1 aliphatic heterocycles. The number of ether oxygens (including phenoxy) is 3. The normalized spacial score (nSPS) is 17.2. The number of hydrogen-bond acceptors (Lipinski definition) is 6. The predicted octanol–water partition coefficient (Wildman–Crippen LogP) is 10.1. The van der Waals surface area contributed by atoms with E-state index in [0.29, 0.717) is 42.8 Å². The zero-order valence-electron chi connectivity index (χ0n) is 31.9. The van der Waals surface area contributed by atoms with Gasteiger partial charge < -0.3 is 18.6 Å². The highest BCUT2D eigenvalue weighted by Crippen LogP contribution is 2.35. The van der Waals surface area contributed by atoms with Gasteiger partial charge in [0.1, 0.15) is 18.0 Å². The molecule has 274 valence electrons. The Hall–Kier alpha value is -4.60. The molecule has 1 fully saturated rings. The molecule has 2 heterocycles. The van der Waals surface area contributed by atoms with Crippen LogP contribution in [0.1, 0.15) is 93.9 Å². The van der Waals surface area contributed by atoms with Crippen LogP contribution in [-0.4, -0.2) is 30.8 Å². The summed E-state index contributed by atoms with van der Waals surface area (Å²) in [7, 11) is 0. The zero-order valence-corrected chi connectivity index (χ0v) is 31.9. The maximum atomic E-state index is 13.5. The van der Waals surface area contributed by atoms with Crippen molar-refractivity contribution in [2.45, 2.75) is 92.8 Å². The van der Waals surface area contributed by atoms with E-state index in [1.54, 1.807) is 0 Å². The Bertz CT molecular complexity index is 1890. The van der Waals surface area contributed by atoms with Crippen LogP contribution in [0, 0.1) is 49.4 Å². The summed E-state index contributed by atoms with van der Waals surface area (Å²) in [5.74, 6) is 7.64. The smallest absolute Gasteiger partial charge is 0.334 e. The van der Waals surface area contributed by atoms with Gasteiger partial charge in [0.2, 0.25) is 0 Å². The maximum Gasteiger partial charge on any atom is 0.334 e. The van der Waals surface area contributed by atoms with Crippen molar-refractivity contribution >= 4 is 22.9 Å². The van der Waals surface area contributed by atoms with Crippen molar-refractivity contribution in [2.24, 2.45) is 23.7 Å². The van der Waals surface area contributed by atoms with Crippen LogP contribution < -0.4 is 0 Å². The molecule has 0 radical (unpaired) electrons. The number of rotatable bonds is 15. The molecule has 6 nitrogen and oxygen atoms in total. The van der Waals surface area contributed by atoms with Gasteiger partial charge in [-0.25, -0.2) is 4.79 Å². The number of esters is 2. The van der Waals surface area contributed by atoms with Crippen molar-refractivity contribution in [2.75, 3.05) is 13.2 Å². The molecule has 0 spiro atoms. The van der Waals surface area contributed by atoms with Crippen LogP contribution in [0.4, 0.5) is 0 Å². The minimum absolute atomic E-state index is 0.0857. The molecule has 1 saturated heterocycles. The van der Waals surface area contributed by atoms with Gasteiger partial charge in [-0.1, -0.05) is 101 Å². The highest BCUT2D eigenvalue weighted by molar-refractivity contribution is 5.91. The van der Waals surface area contributed by atoms with Gasteiger partial charge in [0.05, 0.1) is 19.1 Å². The number of hydrogen-bond donors (Lipinski definition) is 0. The molecule has 1 aromatic heterocycles. The fourth-order valence-electron chi connectivity index (χ4n) is 6.97. The van der Waals surface area contributed by atoms with Crippen LogP contribution in [0.15, 0.2) is 88.9 Å². The highest BCUT2D eigenvalue weighted by Gasteiger charge is 2.45. The van der Waals surface area contributed by atoms with E-state index in [9.17, 15) is 9.59 Å². The minimum atomic E-state index is -1.09. The number of fused-ring (bicyclic) bond motifs is 1. The Morgan fingerprint density at radius 3 is 2.25 bits per heavy atom. The molecular weight excluding hydrogens is 649 g/mol. The van der Waals surface area contributed by atoms with Gasteiger partial charge in [0.15, 0.2) is 5.60 Å². The molecule has 5 rings (SSSR count). The van der Waals surface area contributed by atoms with E-state index in [1.165, 1.54) is 5.56 Å². The van der Waals surface area contributed by atoms with Crippen molar-refractivity contribution in [3.05, 3.63) is 118 Å². The van der Waals surface area contributed by atoms with Gasteiger partial charge in [0, 0.05) is 34.9 Å². The van der Waals surface area contributed by atoms with Gasteiger partial charge in [0.25, 0.3) is 0 Å². The Kier molecular flexibility index (Phi) is 13.2. The van der Waals surface area contributed by atoms with Gasteiger partial charge in [-0.15, -0.1) is 0 Å². The first-order valence-electron chi connectivity index (χ1n) is 18.7. The number of carbonyl (C=O) groups is 2. The molecule has 0 saturated carbocycles. The monoisotopic (exact) mass is 702 g/mol. The van der Waals surface area contributed by atoms with E-state index >= 15 is 0 Å². The van der Waals surface area contributed by atoms with E-state index in [4.69, 9.17) is 18.6 Å². The summed E-state index contributed by atoms with van der Waals surface area (Å²) in [4.78, 5) is 26.7. The summed E-state index contributed by atoms with van der Waals surface area (Å²) in [5.41, 5.74) is 5.34. The molecule has 0 N–H and O–H groups in total. The van der Waals surface area contributed by atoms with Gasteiger partial charge >= 0.3 is 11.9 Å². The van der Waals surface area contributed by atoms with E-state index < -0.39 is 11.5 Å². The summed E-state index contributed by atoms with van der Waals surface area (Å²) in [6, 6.07) is 23.9. The van der Waals surface area contributed by atoms with Crippen LogP contribution in [-0.2, 0) is 36.8 Å².